The fourth-order valence-corrected chi connectivity index (χ4v) is 1.95. The van der Waals surface area contributed by atoms with Gasteiger partial charge in [0.1, 0.15) is 0 Å². The molecule has 3 rings (SSSR count). The molecule has 0 amide bonds. The Balaban J connectivity index is 1.83. The molecule has 17 heavy (non-hydrogen) atoms. The van der Waals surface area contributed by atoms with Crippen molar-refractivity contribution in [2.45, 2.75) is 25.4 Å². The second kappa shape index (κ2) is 4.30. The van der Waals surface area contributed by atoms with Crippen molar-refractivity contribution in [3.63, 3.8) is 0 Å². The van der Waals surface area contributed by atoms with Gasteiger partial charge in [-0.2, -0.15) is 5.10 Å². The zero-order chi connectivity index (χ0) is 11.7. The maximum absolute atomic E-state index is 12.1. The first-order valence-corrected chi connectivity index (χ1v) is 6.03. The molecule has 0 aliphatic heterocycles. The topological polar surface area (TPSA) is 46.9 Å². The third kappa shape index (κ3) is 2.22. The Morgan fingerprint density at radius 1 is 1.35 bits per heavy atom. The van der Waals surface area contributed by atoms with Crippen molar-refractivity contribution in [1.29, 1.82) is 0 Å². The van der Waals surface area contributed by atoms with E-state index in [-0.39, 0.29) is 5.56 Å². The Morgan fingerprint density at radius 2 is 2.18 bits per heavy atom. The van der Waals surface area contributed by atoms with E-state index in [1.54, 1.807) is 6.20 Å². The highest BCUT2D eigenvalue weighted by atomic mass is 16.1. The first-order chi connectivity index (χ1) is 8.34. The number of fused-ring (bicyclic) bond motifs is 1. The van der Waals surface area contributed by atoms with E-state index in [1.165, 1.54) is 17.5 Å². The monoisotopic (exact) mass is 229 g/mol. The van der Waals surface area contributed by atoms with Crippen LogP contribution in [0.25, 0.3) is 10.8 Å². The van der Waals surface area contributed by atoms with Crippen molar-refractivity contribution in [3.05, 3.63) is 40.8 Å². The zero-order valence-electron chi connectivity index (χ0n) is 9.60. The van der Waals surface area contributed by atoms with Crippen LogP contribution in [-0.2, 0) is 6.54 Å². The van der Waals surface area contributed by atoms with E-state index in [2.05, 4.69) is 10.4 Å². The molecule has 1 aromatic heterocycles. The van der Waals surface area contributed by atoms with Gasteiger partial charge in [0, 0.05) is 18.0 Å². The molecule has 2 aromatic rings. The van der Waals surface area contributed by atoms with Crippen molar-refractivity contribution in [2.24, 2.45) is 0 Å². The number of nitrogens with zero attached hydrogens (tertiary/aromatic N) is 2. The van der Waals surface area contributed by atoms with E-state index in [9.17, 15) is 4.79 Å². The van der Waals surface area contributed by atoms with Crippen LogP contribution in [0.4, 0.5) is 0 Å². The van der Waals surface area contributed by atoms with Gasteiger partial charge in [0.15, 0.2) is 0 Å². The van der Waals surface area contributed by atoms with Gasteiger partial charge < -0.3 is 5.32 Å². The van der Waals surface area contributed by atoms with Gasteiger partial charge in [-0.05, 0) is 18.9 Å². The maximum atomic E-state index is 12.1. The summed E-state index contributed by atoms with van der Waals surface area (Å²) in [4.78, 5) is 12.1. The molecule has 0 saturated heterocycles. The Kier molecular flexibility index (Phi) is 2.65. The molecule has 1 aliphatic rings. The molecule has 4 nitrogen and oxygen atoms in total. The summed E-state index contributed by atoms with van der Waals surface area (Å²) in [6.45, 7) is 1.45. The minimum Gasteiger partial charge on any atom is -0.312 e. The maximum Gasteiger partial charge on any atom is 0.274 e. The number of benzene rings is 1. The normalized spacial score (nSPS) is 15.3. The summed E-state index contributed by atoms with van der Waals surface area (Å²) in [5.74, 6) is 0. The van der Waals surface area contributed by atoms with E-state index in [0.29, 0.717) is 12.6 Å². The van der Waals surface area contributed by atoms with Gasteiger partial charge >= 0.3 is 0 Å². The highest BCUT2D eigenvalue weighted by molar-refractivity contribution is 5.80. The summed E-state index contributed by atoms with van der Waals surface area (Å²) in [6, 6.07) is 8.24. The van der Waals surface area contributed by atoms with Crippen LogP contribution >= 0.6 is 0 Å². The van der Waals surface area contributed by atoms with Gasteiger partial charge in [-0.3, -0.25) is 4.79 Å². The van der Waals surface area contributed by atoms with Gasteiger partial charge in [0.2, 0.25) is 0 Å². The fraction of sp³-hybridized carbons (Fsp3) is 0.385. The lowest BCUT2D eigenvalue weighted by molar-refractivity contribution is 0.534. The first-order valence-electron chi connectivity index (χ1n) is 6.03. The lowest BCUT2D eigenvalue weighted by atomic mass is 10.2. The van der Waals surface area contributed by atoms with Crippen molar-refractivity contribution < 1.29 is 0 Å². The minimum absolute atomic E-state index is 0.000645. The standard InChI is InChI=1S/C13H15N3O/c17-13-12-4-2-1-3-10(12)9-15-16(13)8-7-14-11-5-6-11/h1-4,9,11,14H,5-8H2. The molecule has 1 heterocycles. The highest BCUT2D eigenvalue weighted by Crippen LogP contribution is 2.17. The molecule has 1 fully saturated rings. The van der Waals surface area contributed by atoms with Gasteiger partial charge in [-0.25, -0.2) is 4.68 Å². The van der Waals surface area contributed by atoms with Gasteiger partial charge in [0.05, 0.1) is 18.1 Å². The molecular weight excluding hydrogens is 214 g/mol. The van der Waals surface area contributed by atoms with Crippen LogP contribution in [0.5, 0.6) is 0 Å². The van der Waals surface area contributed by atoms with Crippen LogP contribution in [0.15, 0.2) is 35.3 Å². The number of hydrogen-bond acceptors (Lipinski definition) is 3. The molecule has 4 heteroatoms. The molecule has 1 saturated carbocycles. The van der Waals surface area contributed by atoms with Crippen molar-refractivity contribution >= 4 is 10.8 Å². The Hall–Kier alpha value is -1.68. The lowest BCUT2D eigenvalue weighted by Gasteiger charge is -2.06. The predicted molar refractivity (Wildman–Crippen MR) is 67.0 cm³/mol. The molecule has 0 bridgehead atoms. The molecular formula is C13H15N3O. The Bertz CT molecular complexity index is 586. The molecule has 0 atom stereocenters. The Labute approximate surface area is 99.3 Å². The number of rotatable bonds is 4. The van der Waals surface area contributed by atoms with Crippen LogP contribution < -0.4 is 10.9 Å². The van der Waals surface area contributed by atoms with Crippen LogP contribution in [-0.4, -0.2) is 22.4 Å². The predicted octanol–water partition coefficient (Wildman–Crippen LogP) is 1.15. The average Bonchev–Trinajstić information content (AvgIpc) is 3.17. The summed E-state index contributed by atoms with van der Waals surface area (Å²) in [7, 11) is 0. The quantitative estimate of drug-likeness (QED) is 0.855. The van der Waals surface area contributed by atoms with Crippen LogP contribution in [0.2, 0.25) is 0 Å². The SMILES string of the molecule is O=c1c2ccccc2cnn1CCNC1CC1. The van der Waals surface area contributed by atoms with Crippen molar-refractivity contribution in [3.8, 4) is 0 Å². The number of nitrogens with one attached hydrogen (secondary N) is 1. The molecule has 0 spiro atoms. The summed E-state index contributed by atoms with van der Waals surface area (Å²) in [5, 5.41) is 9.22. The summed E-state index contributed by atoms with van der Waals surface area (Å²) in [5.41, 5.74) is 0.000645. The average molecular weight is 229 g/mol. The van der Waals surface area contributed by atoms with E-state index in [4.69, 9.17) is 0 Å². The van der Waals surface area contributed by atoms with Crippen LogP contribution in [0.1, 0.15) is 12.8 Å². The van der Waals surface area contributed by atoms with Crippen LogP contribution in [0, 0.1) is 0 Å². The van der Waals surface area contributed by atoms with Gasteiger partial charge in [-0.15, -0.1) is 0 Å². The fourth-order valence-electron chi connectivity index (χ4n) is 1.95. The Morgan fingerprint density at radius 3 is 3.00 bits per heavy atom. The lowest BCUT2D eigenvalue weighted by Crippen LogP contribution is -2.29. The van der Waals surface area contributed by atoms with Crippen molar-refractivity contribution in [2.75, 3.05) is 6.54 Å². The van der Waals surface area contributed by atoms with Gasteiger partial charge in [-0.1, -0.05) is 18.2 Å². The smallest absolute Gasteiger partial charge is 0.274 e. The highest BCUT2D eigenvalue weighted by Gasteiger charge is 2.19. The van der Waals surface area contributed by atoms with E-state index < -0.39 is 0 Å². The largest absolute Gasteiger partial charge is 0.312 e. The van der Waals surface area contributed by atoms with E-state index in [1.807, 2.05) is 24.3 Å². The number of hydrogen-bond donors (Lipinski definition) is 1. The van der Waals surface area contributed by atoms with E-state index in [0.717, 1.165) is 17.3 Å². The van der Waals surface area contributed by atoms with Crippen LogP contribution in [0.3, 0.4) is 0 Å². The third-order valence-corrected chi connectivity index (χ3v) is 3.10. The molecule has 0 unspecified atom stereocenters. The summed E-state index contributed by atoms with van der Waals surface area (Å²) < 4.78 is 1.54. The molecule has 1 aliphatic carbocycles. The third-order valence-electron chi connectivity index (χ3n) is 3.10. The second-order valence-electron chi connectivity index (χ2n) is 4.49. The zero-order valence-corrected chi connectivity index (χ0v) is 9.60. The minimum atomic E-state index is 0.000645. The van der Waals surface area contributed by atoms with Gasteiger partial charge in [0.25, 0.3) is 5.56 Å². The summed E-state index contributed by atoms with van der Waals surface area (Å²) >= 11 is 0. The van der Waals surface area contributed by atoms with E-state index >= 15 is 0 Å². The van der Waals surface area contributed by atoms with Crippen molar-refractivity contribution in [1.82, 2.24) is 15.1 Å². The molecule has 0 radical (unpaired) electrons. The molecule has 88 valence electrons. The molecule has 1 aromatic carbocycles. The summed E-state index contributed by atoms with van der Waals surface area (Å²) in [6.07, 6.45) is 4.29. The number of aromatic nitrogens is 2. The first kappa shape index (κ1) is 10.5. The molecule has 1 N–H and O–H groups in total. The second-order valence-corrected chi connectivity index (χ2v) is 4.49.